The van der Waals surface area contributed by atoms with Crippen LogP contribution in [0.25, 0.3) is 10.1 Å². The fourth-order valence-corrected chi connectivity index (χ4v) is 4.52. The molecular weight excluding hydrogens is 364 g/mol. The number of hydrogen-bond donors (Lipinski definition) is 3. The molecule has 0 fully saturated rings. The Morgan fingerprint density at radius 3 is 2.92 bits per heavy atom. The lowest BCUT2D eigenvalue weighted by molar-refractivity contribution is -0.131. The molecule has 0 bridgehead atoms. The van der Waals surface area contributed by atoms with Gasteiger partial charge in [-0.2, -0.15) is 5.10 Å². The van der Waals surface area contributed by atoms with E-state index < -0.39 is 22.0 Å². The Hall–Kier alpha value is -2.27. The van der Waals surface area contributed by atoms with E-state index in [1.165, 1.54) is 16.4 Å². The number of hydroxylamine groups is 1. The molecule has 1 unspecified atom stereocenters. The molecule has 1 aromatic carbocycles. The van der Waals surface area contributed by atoms with Gasteiger partial charge in [0.25, 0.3) is 5.91 Å². The Morgan fingerprint density at radius 1 is 1.36 bits per heavy atom. The van der Waals surface area contributed by atoms with E-state index in [0.29, 0.717) is 5.56 Å². The standard InChI is InChI=1S/C15H16N4O4S2/c20-15(17-21)13(9-19-6-1-5-16-19)18-25(22,23)10-11-2-3-14-12(8-11)4-7-24-14/h1-8,13,18,21H,9-10H2,(H,17,20). The zero-order chi connectivity index (χ0) is 17.9. The maximum Gasteiger partial charge on any atom is 0.263 e. The van der Waals surface area contributed by atoms with E-state index in [0.717, 1.165) is 10.1 Å². The number of amides is 1. The van der Waals surface area contributed by atoms with E-state index in [2.05, 4.69) is 9.82 Å². The van der Waals surface area contributed by atoms with Gasteiger partial charge in [0.15, 0.2) is 0 Å². The summed E-state index contributed by atoms with van der Waals surface area (Å²) in [5, 5.41) is 15.7. The monoisotopic (exact) mass is 380 g/mol. The van der Waals surface area contributed by atoms with Gasteiger partial charge in [-0.15, -0.1) is 11.3 Å². The summed E-state index contributed by atoms with van der Waals surface area (Å²) in [6.45, 7) is -0.0395. The third kappa shape index (κ3) is 4.42. The van der Waals surface area contributed by atoms with Gasteiger partial charge >= 0.3 is 0 Å². The van der Waals surface area contributed by atoms with Gasteiger partial charge in [-0.1, -0.05) is 6.07 Å². The molecule has 0 radical (unpaired) electrons. The highest BCUT2D eigenvalue weighted by Crippen LogP contribution is 2.22. The Labute approximate surface area is 148 Å². The normalized spacial score (nSPS) is 13.0. The van der Waals surface area contributed by atoms with Gasteiger partial charge in [0.1, 0.15) is 6.04 Å². The molecule has 25 heavy (non-hydrogen) atoms. The minimum absolute atomic E-state index is 0.0395. The van der Waals surface area contributed by atoms with Gasteiger partial charge in [0.05, 0.1) is 12.3 Å². The molecule has 0 aliphatic carbocycles. The number of sulfonamides is 1. The second-order valence-corrected chi connectivity index (χ2v) is 8.13. The second-order valence-electron chi connectivity index (χ2n) is 5.43. The average molecular weight is 380 g/mol. The molecular formula is C15H16N4O4S2. The second kappa shape index (κ2) is 7.31. The molecule has 0 aliphatic heterocycles. The number of nitrogens with one attached hydrogen (secondary N) is 2. The molecule has 0 saturated heterocycles. The molecule has 0 spiro atoms. The first kappa shape index (κ1) is 17.5. The summed E-state index contributed by atoms with van der Waals surface area (Å²) >= 11 is 1.58. The fraction of sp³-hybridized carbons (Fsp3) is 0.200. The number of fused-ring (bicyclic) bond motifs is 1. The van der Waals surface area contributed by atoms with Crippen LogP contribution >= 0.6 is 11.3 Å². The van der Waals surface area contributed by atoms with Crippen LogP contribution in [-0.4, -0.2) is 35.4 Å². The van der Waals surface area contributed by atoms with Crippen molar-refractivity contribution in [1.29, 1.82) is 0 Å². The average Bonchev–Trinajstić information content (AvgIpc) is 3.23. The fourth-order valence-electron chi connectivity index (χ4n) is 2.43. The molecule has 0 aliphatic rings. The molecule has 10 heteroatoms. The number of carbonyl (C=O) groups is 1. The van der Waals surface area contributed by atoms with Crippen molar-refractivity contribution in [2.24, 2.45) is 0 Å². The molecule has 3 N–H and O–H groups in total. The van der Waals surface area contributed by atoms with Crippen molar-refractivity contribution in [3.05, 3.63) is 53.7 Å². The van der Waals surface area contributed by atoms with Crippen molar-refractivity contribution in [2.45, 2.75) is 18.3 Å². The Bertz CT molecular complexity index is 967. The molecule has 0 saturated carbocycles. The first-order chi connectivity index (χ1) is 12.0. The summed E-state index contributed by atoms with van der Waals surface area (Å²) in [5.74, 6) is -1.13. The smallest absolute Gasteiger partial charge is 0.263 e. The topological polar surface area (TPSA) is 113 Å². The number of nitrogens with zero attached hydrogens (tertiary/aromatic N) is 2. The molecule has 8 nitrogen and oxygen atoms in total. The lowest BCUT2D eigenvalue weighted by Gasteiger charge is -2.17. The minimum Gasteiger partial charge on any atom is -0.289 e. The summed E-state index contributed by atoms with van der Waals surface area (Å²) in [5.41, 5.74) is 2.09. The lowest BCUT2D eigenvalue weighted by Crippen LogP contribution is -2.48. The van der Waals surface area contributed by atoms with Gasteiger partial charge in [-0.3, -0.25) is 14.7 Å². The van der Waals surface area contributed by atoms with Crippen molar-refractivity contribution in [3.63, 3.8) is 0 Å². The third-order valence-electron chi connectivity index (χ3n) is 3.55. The molecule has 1 atom stereocenters. The SMILES string of the molecule is O=C(NO)C(Cn1cccn1)NS(=O)(=O)Cc1ccc2sccc2c1. The van der Waals surface area contributed by atoms with Crippen molar-refractivity contribution >= 4 is 37.4 Å². The largest absolute Gasteiger partial charge is 0.289 e. The predicted octanol–water partition coefficient (Wildman–Crippen LogP) is 1.09. The minimum atomic E-state index is -3.80. The predicted molar refractivity (Wildman–Crippen MR) is 93.5 cm³/mol. The van der Waals surface area contributed by atoms with Gasteiger partial charge in [-0.25, -0.2) is 18.6 Å². The molecule has 2 aromatic heterocycles. The van der Waals surface area contributed by atoms with Crippen LogP contribution < -0.4 is 10.2 Å². The number of carbonyl (C=O) groups excluding carboxylic acids is 1. The van der Waals surface area contributed by atoms with E-state index in [9.17, 15) is 13.2 Å². The first-order valence-corrected chi connectivity index (χ1v) is 9.87. The summed E-state index contributed by atoms with van der Waals surface area (Å²) in [7, 11) is -3.80. The van der Waals surface area contributed by atoms with Crippen LogP contribution in [0.15, 0.2) is 48.1 Å². The van der Waals surface area contributed by atoms with Crippen LogP contribution in [0.5, 0.6) is 0 Å². The van der Waals surface area contributed by atoms with Crippen LogP contribution in [0.3, 0.4) is 0 Å². The van der Waals surface area contributed by atoms with E-state index in [1.54, 1.807) is 35.7 Å². The summed E-state index contributed by atoms with van der Waals surface area (Å²) in [6, 6.07) is 7.81. The maximum atomic E-state index is 12.4. The highest BCUT2D eigenvalue weighted by Gasteiger charge is 2.25. The zero-order valence-electron chi connectivity index (χ0n) is 13.0. The van der Waals surface area contributed by atoms with Crippen LogP contribution in [0.4, 0.5) is 0 Å². The van der Waals surface area contributed by atoms with Crippen molar-refractivity contribution in [3.8, 4) is 0 Å². The maximum absolute atomic E-state index is 12.4. The molecule has 1 amide bonds. The van der Waals surface area contributed by atoms with Crippen LogP contribution in [0.1, 0.15) is 5.56 Å². The molecule has 2 heterocycles. The van der Waals surface area contributed by atoms with E-state index in [-0.39, 0.29) is 12.3 Å². The number of rotatable bonds is 7. The van der Waals surface area contributed by atoms with E-state index >= 15 is 0 Å². The van der Waals surface area contributed by atoms with Crippen LogP contribution in [0.2, 0.25) is 0 Å². The van der Waals surface area contributed by atoms with Gasteiger partial charge in [0.2, 0.25) is 10.0 Å². The quantitative estimate of drug-likeness (QED) is 0.419. The van der Waals surface area contributed by atoms with E-state index in [4.69, 9.17) is 5.21 Å². The zero-order valence-corrected chi connectivity index (χ0v) is 14.6. The van der Waals surface area contributed by atoms with Crippen LogP contribution in [-0.2, 0) is 27.1 Å². The van der Waals surface area contributed by atoms with Crippen molar-refractivity contribution in [1.82, 2.24) is 20.0 Å². The third-order valence-corrected chi connectivity index (χ3v) is 5.81. The first-order valence-electron chi connectivity index (χ1n) is 7.34. The lowest BCUT2D eigenvalue weighted by atomic mass is 10.2. The van der Waals surface area contributed by atoms with Gasteiger partial charge in [-0.05, 0) is 40.6 Å². The van der Waals surface area contributed by atoms with E-state index in [1.807, 2.05) is 17.5 Å². The Kier molecular flexibility index (Phi) is 5.13. The summed E-state index contributed by atoms with van der Waals surface area (Å²) < 4.78 is 29.7. The highest BCUT2D eigenvalue weighted by molar-refractivity contribution is 7.88. The number of benzene rings is 1. The van der Waals surface area contributed by atoms with Crippen LogP contribution in [0, 0.1) is 0 Å². The summed E-state index contributed by atoms with van der Waals surface area (Å²) in [6.07, 6.45) is 3.11. The Balaban J connectivity index is 1.75. The molecule has 132 valence electrons. The van der Waals surface area contributed by atoms with Crippen molar-refractivity contribution in [2.75, 3.05) is 0 Å². The number of aromatic nitrogens is 2. The van der Waals surface area contributed by atoms with Gasteiger partial charge in [0, 0.05) is 17.1 Å². The summed E-state index contributed by atoms with van der Waals surface area (Å²) in [4.78, 5) is 11.8. The van der Waals surface area contributed by atoms with Crippen molar-refractivity contribution < 1.29 is 18.4 Å². The number of thiophene rings is 1. The molecule has 3 aromatic rings. The number of hydrogen-bond acceptors (Lipinski definition) is 6. The molecule has 3 rings (SSSR count). The van der Waals surface area contributed by atoms with Gasteiger partial charge < -0.3 is 0 Å². The Morgan fingerprint density at radius 2 is 2.20 bits per heavy atom. The highest BCUT2D eigenvalue weighted by atomic mass is 32.2.